The number of aryl methyl sites for hydroxylation is 1. The van der Waals surface area contributed by atoms with Gasteiger partial charge < -0.3 is 9.30 Å². The lowest BCUT2D eigenvalue weighted by Crippen LogP contribution is -1.92. The maximum absolute atomic E-state index is 5.24. The molecular weight excluding hydrogens is 316 g/mol. The number of aromatic nitrogens is 2. The summed E-state index contributed by atoms with van der Waals surface area (Å²) in [5.41, 5.74) is 3.28. The van der Waals surface area contributed by atoms with Crippen LogP contribution >= 0.6 is 11.8 Å². The van der Waals surface area contributed by atoms with Crippen LogP contribution in [0.25, 0.3) is 33.2 Å². The molecule has 1 heterocycles. The molecule has 0 saturated heterocycles. The number of rotatable bonds is 3. The van der Waals surface area contributed by atoms with Crippen molar-refractivity contribution < 1.29 is 4.74 Å². The number of methoxy groups -OCH3 is 1. The van der Waals surface area contributed by atoms with Crippen molar-refractivity contribution in [2.75, 3.05) is 13.4 Å². The van der Waals surface area contributed by atoms with Crippen molar-refractivity contribution in [2.45, 2.75) is 4.90 Å². The van der Waals surface area contributed by atoms with Crippen molar-refractivity contribution >= 4 is 33.6 Å². The summed E-state index contributed by atoms with van der Waals surface area (Å²) in [6.45, 7) is 0. The second kappa shape index (κ2) is 5.87. The summed E-state index contributed by atoms with van der Waals surface area (Å²) in [6.07, 6.45) is 2.10. The first-order chi connectivity index (χ1) is 11.7. The van der Waals surface area contributed by atoms with E-state index in [0.717, 1.165) is 28.2 Å². The van der Waals surface area contributed by atoms with Gasteiger partial charge in [-0.15, -0.1) is 11.8 Å². The molecule has 0 saturated carbocycles. The molecule has 3 aromatic carbocycles. The highest BCUT2D eigenvalue weighted by Crippen LogP contribution is 2.31. The molecule has 120 valence electrons. The first-order valence-electron chi connectivity index (χ1n) is 7.79. The summed E-state index contributed by atoms with van der Waals surface area (Å²) < 4.78 is 7.40. The van der Waals surface area contributed by atoms with E-state index in [1.54, 1.807) is 18.9 Å². The van der Waals surface area contributed by atoms with Crippen molar-refractivity contribution in [1.29, 1.82) is 0 Å². The second-order valence-electron chi connectivity index (χ2n) is 5.74. The molecule has 0 aliphatic carbocycles. The van der Waals surface area contributed by atoms with E-state index < -0.39 is 0 Å². The van der Waals surface area contributed by atoms with Crippen LogP contribution in [0.2, 0.25) is 0 Å². The molecule has 0 amide bonds. The van der Waals surface area contributed by atoms with E-state index in [9.17, 15) is 0 Å². The zero-order chi connectivity index (χ0) is 16.7. The van der Waals surface area contributed by atoms with E-state index in [-0.39, 0.29) is 0 Å². The summed E-state index contributed by atoms with van der Waals surface area (Å²) in [5.74, 6) is 1.82. The first-order valence-corrected chi connectivity index (χ1v) is 9.01. The zero-order valence-electron chi connectivity index (χ0n) is 13.9. The van der Waals surface area contributed by atoms with E-state index in [1.165, 1.54) is 15.7 Å². The summed E-state index contributed by atoms with van der Waals surface area (Å²) >= 11 is 1.76. The highest BCUT2D eigenvalue weighted by molar-refractivity contribution is 7.98. The van der Waals surface area contributed by atoms with Crippen LogP contribution < -0.4 is 4.74 Å². The molecule has 0 bridgehead atoms. The van der Waals surface area contributed by atoms with Crippen molar-refractivity contribution in [2.24, 2.45) is 7.05 Å². The number of ether oxygens (including phenoxy) is 1. The van der Waals surface area contributed by atoms with E-state index in [2.05, 4.69) is 48.2 Å². The molecule has 0 N–H and O–H groups in total. The van der Waals surface area contributed by atoms with Crippen LogP contribution in [-0.2, 0) is 7.05 Å². The molecule has 4 aromatic rings. The van der Waals surface area contributed by atoms with Gasteiger partial charge in [-0.2, -0.15) is 0 Å². The van der Waals surface area contributed by atoms with Gasteiger partial charge in [-0.1, -0.05) is 12.1 Å². The minimum Gasteiger partial charge on any atom is -0.497 e. The number of thioether (sulfide) groups is 1. The third kappa shape index (κ3) is 2.34. The van der Waals surface area contributed by atoms with Crippen molar-refractivity contribution in [3.63, 3.8) is 0 Å². The van der Waals surface area contributed by atoms with Crippen LogP contribution in [0.5, 0.6) is 5.75 Å². The molecule has 3 nitrogen and oxygen atoms in total. The van der Waals surface area contributed by atoms with Gasteiger partial charge in [-0.3, -0.25) is 0 Å². The molecule has 4 heteroatoms. The Kier molecular flexibility index (Phi) is 3.69. The molecule has 0 unspecified atom stereocenters. The Morgan fingerprint density at radius 3 is 2.50 bits per heavy atom. The van der Waals surface area contributed by atoms with Gasteiger partial charge in [-0.25, -0.2) is 4.98 Å². The molecule has 0 aliphatic rings. The highest BCUT2D eigenvalue weighted by Gasteiger charge is 2.12. The quantitative estimate of drug-likeness (QED) is 0.486. The van der Waals surface area contributed by atoms with Crippen LogP contribution in [0.4, 0.5) is 0 Å². The van der Waals surface area contributed by atoms with Gasteiger partial charge in [0.05, 0.1) is 18.1 Å². The molecule has 4 rings (SSSR count). The minimum atomic E-state index is 0.854. The standard InChI is InChI=1S/C20H18N2OS/c1-22-18-11-6-14-12-16(24-3)9-10-17(14)19(18)21-20(22)13-4-7-15(23-2)8-5-13/h4-12H,1-3H3. The van der Waals surface area contributed by atoms with Gasteiger partial charge in [0, 0.05) is 22.9 Å². The molecule has 0 atom stereocenters. The monoisotopic (exact) mass is 334 g/mol. The average molecular weight is 334 g/mol. The molecule has 0 fully saturated rings. The van der Waals surface area contributed by atoms with E-state index in [0.29, 0.717) is 0 Å². The number of benzene rings is 3. The lowest BCUT2D eigenvalue weighted by molar-refractivity contribution is 0.415. The molecule has 24 heavy (non-hydrogen) atoms. The molecule has 0 spiro atoms. The number of nitrogens with zero attached hydrogens (tertiary/aromatic N) is 2. The average Bonchev–Trinajstić information content (AvgIpc) is 2.98. The normalized spacial score (nSPS) is 11.3. The predicted molar refractivity (Wildman–Crippen MR) is 102 cm³/mol. The van der Waals surface area contributed by atoms with Crippen LogP contribution in [0.3, 0.4) is 0 Å². The minimum absolute atomic E-state index is 0.854. The topological polar surface area (TPSA) is 27.1 Å². The van der Waals surface area contributed by atoms with Crippen molar-refractivity contribution in [1.82, 2.24) is 9.55 Å². The third-order valence-electron chi connectivity index (χ3n) is 4.42. The van der Waals surface area contributed by atoms with Gasteiger partial charge in [0.1, 0.15) is 11.6 Å². The largest absolute Gasteiger partial charge is 0.497 e. The van der Waals surface area contributed by atoms with E-state index in [4.69, 9.17) is 9.72 Å². The molecule has 0 radical (unpaired) electrons. The lowest BCUT2D eigenvalue weighted by Gasteiger charge is -2.04. The second-order valence-corrected chi connectivity index (χ2v) is 6.62. The Balaban J connectivity index is 1.94. The van der Waals surface area contributed by atoms with Gasteiger partial charge in [0.15, 0.2) is 0 Å². The lowest BCUT2D eigenvalue weighted by atomic mass is 10.1. The number of hydrogen-bond donors (Lipinski definition) is 0. The van der Waals surface area contributed by atoms with E-state index in [1.807, 2.05) is 24.3 Å². The summed E-state index contributed by atoms with van der Waals surface area (Å²) in [5, 5.41) is 2.43. The number of fused-ring (bicyclic) bond motifs is 3. The van der Waals surface area contributed by atoms with Crippen LogP contribution in [0.1, 0.15) is 0 Å². The van der Waals surface area contributed by atoms with Crippen LogP contribution in [0.15, 0.2) is 59.5 Å². The third-order valence-corrected chi connectivity index (χ3v) is 5.15. The zero-order valence-corrected chi connectivity index (χ0v) is 14.7. The van der Waals surface area contributed by atoms with Gasteiger partial charge in [-0.05, 0) is 54.1 Å². The van der Waals surface area contributed by atoms with Gasteiger partial charge in [0.25, 0.3) is 0 Å². The maximum Gasteiger partial charge on any atom is 0.140 e. The summed E-state index contributed by atoms with van der Waals surface area (Å²) in [7, 11) is 3.75. The van der Waals surface area contributed by atoms with E-state index >= 15 is 0 Å². The fraction of sp³-hybridized carbons (Fsp3) is 0.150. The Hall–Kier alpha value is -2.46. The fourth-order valence-electron chi connectivity index (χ4n) is 3.09. The van der Waals surface area contributed by atoms with Crippen LogP contribution in [-0.4, -0.2) is 22.9 Å². The Labute approximate surface area is 145 Å². The highest BCUT2D eigenvalue weighted by atomic mass is 32.2. The molecule has 0 aliphatic heterocycles. The molecule has 1 aromatic heterocycles. The van der Waals surface area contributed by atoms with Crippen molar-refractivity contribution in [3.8, 4) is 17.1 Å². The smallest absolute Gasteiger partial charge is 0.140 e. The predicted octanol–water partition coefficient (Wildman–Crippen LogP) is 5.12. The number of imidazole rings is 1. The van der Waals surface area contributed by atoms with Gasteiger partial charge in [0.2, 0.25) is 0 Å². The Morgan fingerprint density at radius 1 is 1.00 bits per heavy atom. The Morgan fingerprint density at radius 2 is 1.79 bits per heavy atom. The Bertz CT molecular complexity index is 1040. The molecular formula is C20H18N2OS. The fourth-order valence-corrected chi connectivity index (χ4v) is 3.54. The SMILES string of the molecule is COc1ccc(-c2nc3c4ccc(SC)cc4ccc3n2C)cc1. The van der Waals surface area contributed by atoms with Crippen LogP contribution in [0, 0.1) is 0 Å². The first kappa shape index (κ1) is 15.1. The summed E-state index contributed by atoms with van der Waals surface area (Å²) in [6, 6.07) is 18.9. The van der Waals surface area contributed by atoms with Crippen molar-refractivity contribution in [3.05, 3.63) is 54.6 Å². The summed E-state index contributed by atoms with van der Waals surface area (Å²) in [4.78, 5) is 6.21. The van der Waals surface area contributed by atoms with Gasteiger partial charge >= 0.3 is 0 Å². The maximum atomic E-state index is 5.24. The number of hydrogen-bond acceptors (Lipinski definition) is 3.